The van der Waals surface area contributed by atoms with Crippen molar-refractivity contribution in [3.63, 3.8) is 0 Å². The van der Waals surface area contributed by atoms with E-state index in [0.29, 0.717) is 25.3 Å². The van der Waals surface area contributed by atoms with Crippen LogP contribution in [0.15, 0.2) is 65.7 Å². The average Bonchev–Trinajstić information content (AvgIpc) is 2.81. The highest BCUT2D eigenvalue weighted by molar-refractivity contribution is 5.31. The van der Waals surface area contributed by atoms with E-state index in [0.717, 1.165) is 49.2 Å². The third-order valence-corrected chi connectivity index (χ3v) is 6.58. The highest BCUT2D eigenvalue weighted by atomic mass is 19.1. The number of rotatable bonds is 8. The normalized spacial score (nSPS) is 16.1. The van der Waals surface area contributed by atoms with E-state index < -0.39 is 0 Å². The van der Waals surface area contributed by atoms with Crippen LogP contribution in [-0.2, 0) is 13.0 Å². The van der Waals surface area contributed by atoms with Crippen LogP contribution >= 0.6 is 0 Å². The third-order valence-electron chi connectivity index (χ3n) is 6.58. The van der Waals surface area contributed by atoms with Gasteiger partial charge in [0.2, 0.25) is 0 Å². The Hall–Kier alpha value is -2.99. The lowest BCUT2D eigenvalue weighted by Crippen LogP contribution is -2.43. The van der Waals surface area contributed by atoms with Gasteiger partial charge in [0.25, 0.3) is 5.56 Å². The molecule has 0 spiro atoms. The Kier molecular flexibility index (Phi) is 7.00. The molecule has 2 aromatic carbocycles. The first kappa shape index (κ1) is 22.2. The maximum Gasteiger partial charge on any atom is 0.270 e. The summed E-state index contributed by atoms with van der Waals surface area (Å²) in [5, 5.41) is 0. The van der Waals surface area contributed by atoms with Crippen LogP contribution in [-0.4, -0.2) is 34.6 Å². The molecule has 0 bridgehead atoms. The molecule has 0 radical (unpaired) electrons. The lowest BCUT2D eigenvalue weighted by atomic mass is 9.74. The summed E-state index contributed by atoms with van der Waals surface area (Å²) in [5.74, 6) is 0.759. The molecule has 0 amide bonds. The van der Waals surface area contributed by atoms with Crippen LogP contribution in [0.3, 0.4) is 0 Å². The predicted molar refractivity (Wildman–Crippen MR) is 123 cm³/mol. The number of hydrogen-bond donors (Lipinski definition) is 1. The van der Waals surface area contributed by atoms with Gasteiger partial charge in [-0.2, -0.15) is 0 Å². The largest absolute Gasteiger partial charge is 0.493 e. The Balaban J connectivity index is 1.45. The zero-order chi connectivity index (χ0) is 22.4. The SMILES string of the molecule is Cc1ccccc1OCC1(CCc2ccccc2F)CCN(Cc2ncc[nH]c2=O)CC1. The first-order valence-corrected chi connectivity index (χ1v) is 11.2. The molecular weight excluding hydrogens is 405 g/mol. The molecule has 4 rings (SSSR count). The summed E-state index contributed by atoms with van der Waals surface area (Å²) in [6.07, 6.45) is 6.58. The van der Waals surface area contributed by atoms with Gasteiger partial charge in [-0.1, -0.05) is 36.4 Å². The molecule has 2 heterocycles. The third kappa shape index (κ3) is 5.43. The number of benzene rings is 2. The maximum absolute atomic E-state index is 14.2. The number of ether oxygens (including phenoxy) is 1. The molecule has 1 N–H and O–H groups in total. The van der Waals surface area contributed by atoms with Crippen molar-refractivity contribution in [2.45, 2.75) is 39.2 Å². The van der Waals surface area contributed by atoms with E-state index in [1.807, 2.05) is 43.3 Å². The zero-order valence-electron chi connectivity index (χ0n) is 18.5. The number of aryl methyl sites for hydroxylation is 2. The number of halogens is 1. The van der Waals surface area contributed by atoms with Gasteiger partial charge >= 0.3 is 0 Å². The van der Waals surface area contributed by atoms with Crippen LogP contribution in [0.4, 0.5) is 4.39 Å². The van der Waals surface area contributed by atoms with Gasteiger partial charge in [0.15, 0.2) is 0 Å². The average molecular weight is 436 g/mol. The second-order valence-corrected chi connectivity index (χ2v) is 8.79. The van der Waals surface area contributed by atoms with Gasteiger partial charge in [0.05, 0.1) is 6.61 Å². The number of aromatic amines is 1. The van der Waals surface area contributed by atoms with Crippen molar-refractivity contribution < 1.29 is 9.13 Å². The number of para-hydroxylation sites is 1. The fraction of sp³-hybridized carbons (Fsp3) is 0.385. The molecule has 0 atom stereocenters. The second kappa shape index (κ2) is 10.1. The number of H-pyrrole nitrogens is 1. The highest BCUT2D eigenvalue weighted by Crippen LogP contribution is 2.38. The minimum Gasteiger partial charge on any atom is -0.493 e. The molecule has 168 valence electrons. The number of likely N-dealkylation sites (tertiary alicyclic amines) is 1. The Labute approximate surface area is 188 Å². The van der Waals surface area contributed by atoms with E-state index in [1.165, 1.54) is 6.07 Å². The number of aromatic nitrogens is 2. The van der Waals surface area contributed by atoms with Gasteiger partial charge < -0.3 is 9.72 Å². The van der Waals surface area contributed by atoms with Gasteiger partial charge in [-0.3, -0.25) is 14.7 Å². The van der Waals surface area contributed by atoms with E-state index >= 15 is 0 Å². The molecular formula is C26H30FN3O2. The Morgan fingerprint density at radius 3 is 2.62 bits per heavy atom. The predicted octanol–water partition coefficient (Wildman–Crippen LogP) is 4.51. The summed E-state index contributed by atoms with van der Waals surface area (Å²) in [6.45, 7) is 4.89. The van der Waals surface area contributed by atoms with E-state index in [-0.39, 0.29) is 16.8 Å². The minimum atomic E-state index is -0.144. The van der Waals surface area contributed by atoms with Crippen molar-refractivity contribution in [2.75, 3.05) is 19.7 Å². The van der Waals surface area contributed by atoms with Crippen LogP contribution in [0, 0.1) is 18.2 Å². The Morgan fingerprint density at radius 2 is 1.88 bits per heavy atom. The van der Waals surface area contributed by atoms with Gasteiger partial charge in [-0.25, -0.2) is 4.39 Å². The molecule has 5 nitrogen and oxygen atoms in total. The van der Waals surface area contributed by atoms with E-state index in [4.69, 9.17) is 4.74 Å². The molecule has 1 aromatic heterocycles. The summed E-state index contributed by atoms with van der Waals surface area (Å²) in [4.78, 5) is 21.2. The number of nitrogens with zero attached hydrogens (tertiary/aromatic N) is 2. The van der Waals surface area contributed by atoms with E-state index in [9.17, 15) is 9.18 Å². The summed E-state index contributed by atoms with van der Waals surface area (Å²) in [6, 6.07) is 15.1. The molecule has 0 aliphatic carbocycles. The van der Waals surface area contributed by atoms with Crippen molar-refractivity contribution in [2.24, 2.45) is 5.41 Å². The summed E-state index contributed by atoms with van der Waals surface area (Å²) in [7, 11) is 0. The van der Waals surface area contributed by atoms with Crippen LogP contribution < -0.4 is 10.3 Å². The standard InChI is InChI=1S/C26H30FN3O2/c1-20-6-2-5-9-24(20)32-19-26(11-10-21-7-3-4-8-22(21)27)12-16-30(17-13-26)18-23-25(31)29-15-14-28-23/h2-9,14-15H,10-13,16-19H2,1H3,(H,29,31). The van der Waals surface area contributed by atoms with E-state index in [2.05, 4.69) is 14.9 Å². The topological polar surface area (TPSA) is 58.2 Å². The lowest BCUT2D eigenvalue weighted by Gasteiger charge is -2.41. The molecule has 0 saturated carbocycles. The fourth-order valence-corrected chi connectivity index (χ4v) is 4.41. The van der Waals surface area contributed by atoms with Gasteiger partial charge in [-0.05, 0) is 69.0 Å². The summed E-state index contributed by atoms with van der Waals surface area (Å²) in [5.41, 5.74) is 2.24. The molecule has 3 aromatic rings. The molecule has 32 heavy (non-hydrogen) atoms. The molecule has 1 aliphatic rings. The van der Waals surface area contributed by atoms with Crippen molar-refractivity contribution in [1.29, 1.82) is 0 Å². The summed E-state index contributed by atoms with van der Waals surface area (Å²) >= 11 is 0. The van der Waals surface area contributed by atoms with Crippen LogP contribution in [0.25, 0.3) is 0 Å². The van der Waals surface area contributed by atoms with Gasteiger partial charge in [-0.15, -0.1) is 0 Å². The number of nitrogens with one attached hydrogen (secondary N) is 1. The lowest BCUT2D eigenvalue weighted by molar-refractivity contribution is 0.0433. The maximum atomic E-state index is 14.2. The van der Waals surface area contributed by atoms with Crippen molar-refractivity contribution in [3.8, 4) is 5.75 Å². The molecule has 6 heteroatoms. The first-order valence-electron chi connectivity index (χ1n) is 11.2. The fourth-order valence-electron chi connectivity index (χ4n) is 4.41. The monoisotopic (exact) mass is 435 g/mol. The molecule has 1 fully saturated rings. The van der Waals surface area contributed by atoms with Crippen LogP contribution in [0.1, 0.15) is 36.1 Å². The van der Waals surface area contributed by atoms with Crippen LogP contribution in [0.2, 0.25) is 0 Å². The quantitative estimate of drug-likeness (QED) is 0.566. The van der Waals surface area contributed by atoms with Crippen molar-refractivity contribution in [3.05, 3.63) is 93.9 Å². The number of piperidine rings is 1. The second-order valence-electron chi connectivity index (χ2n) is 8.79. The number of hydrogen-bond acceptors (Lipinski definition) is 4. The zero-order valence-corrected chi connectivity index (χ0v) is 18.5. The highest BCUT2D eigenvalue weighted by Gasteiger charge is 2.35. The van der Waals surface area contributed by atoms with Gasteiger partial charge in [0, 0.05) is 24.4 Å². The summed E-state index contributed by atoms with van der Waals surface area (Å²) < 4.78 is 20.5. The minimum absolute atomic E-state index is 0.0440. The van der Waals surface area contributed by atoms with Crippen molar-refractivity contribution >= 4 is 0 Å². The van der Waals surface area contributed by atoms with E-state index in [1.54, 1.807) is 18.5 Å². The van der Waals surface area contributed by atoms with Gasteiger partial charge in [0.1, 0.15) is 17.3 Å². The van der Waals surface area contributed by atoms with Crippen molar-refractivity contribution in [1.82, 2.24) is 14.9 Å². The molecule has 1 saturated heterocycles. The molecule has 1 aliphatic heterocycles. The smallest absolute Gasteiger partial charge is 0.270 e. The molecule has 0 unspecified atom stereocenters. The Morgan fingerprint density at radius 1 is 1.12 bits per heavy atom. The first-order chi connectivity index (χ1) is 15.5. The van der Waals surface area contributed by atoms with Crippen LogP contribution in [0.5, 0.6) is 5.75 Å². The Bertz CT molecular complexity index is 1040.